The molecule has 0 atom stereocenters. The maximum atomic E-state index is 4.78. The number of aromatic nitrogens is 3. The molecule has 0 aromatic carbocycles. The van der Waals surface area contributed by atoms with E-state index in [-0.39, 0.29) is 5.41 Å². The molecule has 1 N–H and O–H groups in total. The van der Waals surface area contributed by atoms with Crippen molar-refractivity contribution in [2.75, 3.05) is 0 Å². The third-order valence-electron chi connectivity index (χ3n) is 4.49. The van der Waals surface area contributed by atoms with Gasteiger partial charge in [0.05, 0.1) is 0 Å². The third-order valence-corrected chi connectivity index (χ3v) is 4.49. The van der Waals surface area contributed by atoms with Gasteiger partial charge < -0.3 is 0 Å². The van der Waals surface area contributed by atoms with Crippen LogP contribution in [0.5, 0.6) is 0 Å². The van der Waals surface area contributed by atoms with Crippen LogP contribution in [0, 0.1) is 0 Å². The van der Waals surface area contributed by atoms with Crippen molar-refractivity contribution in [2.24, 2.45) is 0 Å². The van der Waals surface area contributed by atoms with Crippen LogP contribution in [0.15, 0.2) is 0 Å². The van der Waals surface area contributed by atoms with Crippen LogP contribution >= 0.6 is 0 Å². The van der Waals surface area contributed by atoms with E-state index >= 15 is 0 Å². The van der Waals surface area contributed by atoms with Gasteiger partial charge in [0.25, 0.3) is 0 Å². The molecule has 0 saturated heterocycles. The minimum Gasteiger partial charge on any atom is -0.263 e. The zero-order valence-corrected chi connectivity index (χ0v) is 10.1. The molecule has 0 bridgehead atoms. The van der Waals surface area contributed by atoms with E-state index in [2.05, 4.69) is 17.1 Å². The van der Waals surface area contributed by atoms with Crippen molar-refractivity contribution in [2.45, 2.75) is 69.6 Å². The standard InChI is InChI=1S/C13H21N3/c1-13(8-4-5-9-13)12-14-11(15-16-12)10-6-2-3-7-10/h10H,2-9H2,1H3,(H,14,15,16). The van der Waals surface area contributed by atoms with Gasteiger partial charge in [-0.1, -0.05) is 32.6 Å². The molecule has 0 radical (unpaired) electrons. The molecule has 0 spiro atoms. The fourth-order valence-corrected chi connectivity index (χ4v) is 3.30. The van der Waals surface area contributed by atoms with Crippen LogP contribution in [0.3, 0.4) is 0 Å². The Kier molecular flexibility index (Phi) is 2.49. The van der Waals surface area contributed by atoms with Crippen molar-refractivity contribution in [3.05, 3.63) is 11.6 Å². The summed E-state index contributed by atoms with van der Waals surface area (Å²) in [5.74, 6) is 2.89. The van der Waals surface area contributed by atoms with Crippen LogP contribution < -0.4 is 0 Å². The normalized spacial score (nSPS) is 25.3. The smallest absolute Gasteiger partial charge is 0.156 e. The van der Waals surface area contributed by atoms with Gasteiger partial charge in [-0.25, -0.2) is 4.98 Å². The molecule has 88 valence electrons. The van der Waals surface area contributed by atoms with Gasteiger partial charge in [-0.05, 0) is 25.7 Å². The SMILES string of the molecule is CC1(c2n[nH]c(C3CCCC3)n2)CCCC1. The van der Waals surface area contributed by atoms with Crippen LogP contribution in [0.4, 0.5) is 0 Å². The first kappa shape index (κ1) is 10.3. The molecule has 1 heterocycles. The van der Waals surface area contributed by atoms with Crippen molar-refractivity contribution in [1.29, 1.82) is 0 Å². The molecule has 3 nitrogen and oxygen atoms in total. The lowest BCUT2D eigenvalue weighted by Gasteiger charge is -2.18. The van der Waals surface area contributed by atoms with Gasteiger partial charge in [-0.15, -0.1) is 0 Å². The van der Waals surface area contributed by atoms with E-state index in [1.165, 1.54) is 51.4 Å². The van der Waals surface area contributed by atoms with Crippen molar-refractivity contribution in [3.63, 3.8) is 0 Å². The van der Waals surface area contributed by atoms with Crippen LogP contribution in [0.2, 0.25) is 0 Å². The number of nitrogens with one attached hydrogen (secondary N) is 1. The highest BCUT2D eigenvalue weighted by molar-refractivity contribution is 5.10. The molecule has 0 aliphatic heterocycles. The fourth-order valence-electron chi connectivity index (χ4n) is 3.30. The average molecular weight is 219 g/mol. The van der Waals surface area contributed by atoms with Crippen LogP contribution in [-0.2, 0) is 5.41 Å². The number of hydrogen-bond acceptors (Lipinski definition) is 2. The minimum atomic E-state index is 0.257. The van der Waals surface area contributed by atoms with Crippen molar-refractivity contribution < 1.29 is 0 Å². The Morgan fingerprint density at radius 2 is 1.81 bits per heavy atom. The molecule has 2 aliphatic carbocycles. The maximum Gasteiger partial charge on any atom is 0.156 e. The van der Waals surface area contributed by atoms with E-state index in [1.807, 2.05) is 0 Å². The van der Waals surface area contributed by atoms with Crippen molar-refractivity contribution >= 4 is 0 Å². The Labute approximate surface area is 97.1 Å². The van der Waals surface area contributed by atoms with E-state index in [0.29, 0.717) is 5.92 Å². The van der Waals surface area contributed by atoms with E-state index in [9.17, 15) is 0 Å². The molecule has 16 heavy (non-hydrogen) atoms. The Morgan fingerprint density at radius 3 is 2.50 bits per heavy atom. The summed E-state index contributed by atoms with van der Waals surface area (Å²) in [5, 5.41) is 7.67. The quantitative estimate of drug-likeness (QED) is 0.829. The van der Waals surface area contributed by atoms with Crippen LogP contribution in [0.1, 0.15) is 75.9 Å². The molecule has 1 aromatic heterocycles. The molecule has 0 amide bonds. The summed E-state index contributed by atoms with van der Waals surface area (Å²) in [6.07, 6.45) is 10.5. The number of hydrogen-bond donors (Lipinski definition) is 1. The second-order valence-corrected chi connectivity index (χ2v) is 5.79. The predicted octanol–water partition coefficient (Wildman–Crippen LogP) is 3.29. The molecule has 2 saturated carbocycles. The van der Waals surface area contributed by atoms with Gasteiger partial charge in [0.1, 0.15) is 5.82 Å². The van der Waals surface area contributed by atoms with E-state index in [4.69, 9.17) is 4.98 Å². The summed E-state index contributed by atoms with van der Waals surface area (Å²) in [4.78, 5) is 4.78. The van der Waals surface area contributed by atoms with Crippen molar-refractivity contribution in [1.82, 2.24) is 15.2 Å². The highest BCUT2D eigenvalue weighted by Gasteiger charge is 2.35. The van der Waals surface area contributed by atoms with Gasteiger partial charge in [-0.3, -0.25) is 5.10 Å². The number of nitrogens with zero attached hydrogens (tertiary/aromatic N) is 2. The van der Waals surface area contributed by atoms with Gasteiger partial charge in [0.2, 0.25) is 0 Å². The molecule has 0 unspecified atom stereocenters. The molecular formula is C13H21N3. The number of H-pyrrole nitrogens is 1. The van der Waals surface area contributed by atoms with Gasteiger partial charge in [0.15, 0.2) is 5.82 Å². The predicted molar refractivity (Wildman–Crippen MR) is 63.4 cm³/mol. The summed E-state index contributed by atoms with van der Waals surface area (Å²) < 4.78 is 0. The highest BCUT2D eigenvalue weighted by Crippen LogP contribution is 2.40. The van der Waals surface area contributed by atoms with E-state index < -0.39 is 0 Å². The Morgan fingerprint density at radius 1 is 1.12 bits per heavy atom. The molecule has 2 fully saturated rings. The first-order valence-electron chi connectivity index (χ1n) is 6.71. The lowest BCUT2D eigenvalue weighted by molar-refractivity contribution is 0.460. The summed E-state index contributed by atoms with van der Waals surface area (Å²) in [7, 11) is 0. The molecule has 1 aromatic rings. The number of aromatic amines is 1. The van der Waals surface area contributed by atoms with Crippen LogP contribution in [0.25, 0.3) is 0 Å². The van der Waals surface area contributed by atoms with Gasteiger partial charge in [0, 0.05) is 11.3 Å². The summed E-state index contributed by atoms with van der Waals surface area (Å²) in [6, 6.07) is 0. The monoisotopic (exact) mass is 219 g/mol. The molecule has 2 aliphatic rings. The average Bonchev–Trinajstić information content (AvgIpc) is 2.98. The molecule has 3 heteroatoms. The van der Waals surface area contributed by atoms with Gasteiger partial charge >= 0.3 is 0 Å². The lowest BCUT2D eigenvalue weighted by atomic mass is 9.88. The van der Waals surface area contributed by atoms with Crippen LogP contribution in [-0.4, -0.2) is 15.2 Å². The largest absolute Gasteiger partial charge is 0.263 e. The second kappa shape index (κ2) is 3.86. The van der Waals surface area contributed by atoms with E-state index in [0.717, 1.165) is 11.6 Å². The second-order valence-electron chi connectivity index (χ2n) is 5.79. The Bertz CT molecular complexity index is 357. The molecular weight excluding hydrogens is 198 g/mol. The first-order valence-corrected chi connectivity index (χ1v) is 6.71. The lowest BCUT2D eigenvalue weighted by Crippen LogP contribution is -2.18. The summed E-state index contributed by atoms with van der Waals surface area (Å²) >= 11 is 0. The first-order chi connectivity index (χ1) is 7.78. The van der Waals surface area contributed by atoms with Crippen molar-refractivity contribution in [3.8, 4) is 0 Å². The van der Waals surface area contributed by atoms with Gasteiger partial charge in [-0.2, -0.15) is 5.10 Å². The zero-order valence-electron chi connectivity index (χ0n) is 10.1. The maximum absolute atomic E-state index is 4.78. The summed E-state index contributed by atoms with van der Waals surface area (Å²) in [6.45, 7) is 2.32. The zero-order chi connectivity index (χ0) is 11.0. The minimum absolute atomic E-state index is 0.257. The van der Waals surface area contributed by atoms with E-state index in [1.54, 1.807) is 0 Å². The fraction of sp³-hybridized carbons (Fsp3) is 0.846. The topological polar surface area (TPSA) is 41.6 Å². The third kappa shape index (κ3) is 1.66. The summed E-state index contributed by atoms with van der Waals surface area (Å²) in [5.41, 5.74) is 0.257. The molecule has 3 rings (SSSR count). The highest BCUT2D eigenvalue weighted by atomic mass is 15.2. The Hall–Kier alpha value is -0.860. The number of rotatable bonds is 2. The Balaban J connectivity index is 1.81.